The fraction of sp³-hybridized carbons (Fsp3) is 0.0741. The second kappa shape index (κ2) is 9.18. The van der Waals surface area contributed by atoms with Gasteiger partial charge in [-0.3, -0.25) is 9.78 Å². The van der Waals surface area contributed by atoms with E-state index in [0.717, 1.165) is 22.3 Å². The third kappa shape index (κ3) is 4.63. The Labute approximate surface area is 200 Å². The quantitative estimate of drug-likeness (QED) is 0.365. The highest BCUT2D eigenvalue weighted by Crippen LogP contribution is 2.29. The molecule has 0 saturated heterocycles. The number of nitrogens with zero attached hydrogens (tertiary/aromatic N) is 3. The largest absolute Gasteiger partial charge is 0.478 e. The summed E-state index contributed by atoms with van der Waals surface area (Å²) >= 11 is 0. The van der Waals surface area contributed by atoms with Crippen LogP contribution in [0.1, 0.15) is 23.0 Å². The number of rotatable bonds is 6. The summed E-state index contributed by atoms with van der Waals surface area (Å²) in [6.07, 6.45) is 3.12. The minimum atomic E-state index is -1.02. The number of hydrogen-bond acceptors (Lipinski definition) is 6. The molecule has 0 aliphatic rings. The number of carboxylic acid groups (broad SMARTS) is 1. The molecule has 35 heavy (non-hydrogen) atoms. The van der Waals surface area contributed by atoms with Crippen molar-refractivity contribution in [2.75, 3.05) is 0 Å². The number of benzene rings is 2. The van der Waals surface area contributed by atoms with Crippen LogP contribution in [0.25, 0.3) is 44.5 Å². The second-order valence-corrected chi connectivity index (χ2v) is 8.00. The minimum absolute atomic E-state index is 0.130. The highest BCUT2D eigenvalue weighted by atomic mass is 16.5. The number of amides is 1. The SMILES string of the molecule is CC(=O)NCc1cc(-c2ccc(-c3ccc(-c4cc(C(=O)O)c5cnccc5n4)cc3)cc2)no1. The van der Waals surface area contributed by atoms with Gasteiger partial charge in [0.1, 0.15) is 5.69 Å². The fourth-order valence-corrected chi connectivity index (χ4v) is 3.80. The molecule has 3 heterocycles. The highest BCUT2D eigenvalue weighted by Gasteiger charge is 2.13. The summed E-state index contributed by atoms with van der Waals surface area (Å²) < 4.78 is 5.28. The number of carboxylic acids is 1. The van der Waals surface area contributed by atoms with E-state index in [1.807, 2.05) is 48.5 Å². The maximum absolute atomic E-state index is 11.7. The first-order chi connectivity index (χ1) is 17.0. The topological polar surface area (TPSA) is 118 Å². The van der Waals surface area contributed by atoms with Gasteiger partial charge in [0.25, 0.3) is 0 Å². The summed E-state index contributed by atoms with van der Waals surface area (Å²) in [5, 5.41) is 16.9. The average molecular weight is 464 g/mol. The van der Waals surface area contributed by atoms with Gasteiger partial charge in [0.05, 0.1) is 23.3 Å². The van der Waals surface area contributed by atoms with E-state index < -0.39 is 5.97 Å². The van der Waals surface area contributed by atoms with E-state index in [0.29, 0.717) is 34.6 Å². The maximum Gasteiger partial charge on any atom is 0.336 e. The number of nitrogens with one attached hydrogen (secondary N) is 1. The standard InChI is InChI=1S/C27H20N4O4/c1-16(32)29-14-21-12-26(31-35-21)20-8-4-18(5-9-20)17-2-6-19(7-3-17)25-13-22(27(33)34)23-15-28-11-10-24(23)30-25/h2-13,15H,14H2,1H3,(H,29,32)(H,33,34). The van der Waals surface area contributed by atoms with Crippen LogP contribution in [-0.4, -0.2) is 32.1 Å². The molecule has 0 fully saturated rings. The van der Waals surface area contributed by atoms with E-state index in [-0.39, 0.29) is 11.5 Å². The number of aromatic carboxylic acids is 1. The number of carbonyl (C=O) groups excluding carboxylic acids is 1. The van der Waals surface area contributed by atoms with Gasteiger partial charge >= 0.3 is 5.97 Å². The van der Waals surface area contributed by atoms with Gasteiger partial charge < -0.3 is 14.9 Å². The molecular formula is C27H20N4O4. The van der Waals surface area contributed by atoms with Gasteiger partial charge in [-0.05, 0) is 23.3 Å². The zero-order chi connectivity index (χ0) is 24.4. The molecule has 3 aromatic heterocycles. The highest BCUT2D eigenvalue weighted by molar-refractivity contribution is 6.03. The first-order valence-corrected chi connectivity index (χ1v) is 10.9. The van der Waals surface area contributed by atoms with Gasteiger partial charge in [0, 0.05) is 41.9 Å². The lowest BCUT2D eigenvalue weighted by atomic mass is 10.00. The first kappa shape index (κ1) is 22.0. The molecule has 8 heteroatoms. The van der Waals surface area contributed by atoms with E-state index in [9.17, 15) is 14.7 Å². The van der Waals surface area contributed by atoms with Crippen LogP contribution in [0.5, 0.6) is 0 Å². The van der Waals surface area contributed by atoms with Crippen LogP contribution >= 0.6 is 0 Å². The Morgan fingerprint density at radius 2 is 1.51 bits per heavy atom. The molecule has 172 valence electrons. The molecule has 8 nitrogen and oxygen atoms in total. The zero-order valence-corrected chi connectivity index (χ0v) is 18.7. The summed E-state index contributed by atoms with van der Waals surface area (Å²) in [4.78, 5) is 31.4. The molecule has 0 radical (unpaired) electrons. The molecule has 1 amide bonds. The van der Waals surface area contributed by atoms with Gasteiger partial charge in [-0.25, -0.2) is 9.78 Å². The number of pyridine rings is 2. The fourth-order valence-electron chi connectivity index (χ4n) is 3.80. The lowest BCUT2D eigenvalue weighted by Crippen LogP contribution is -2.18. The molecule has 0 aliphatic carbocycles. The number of hydrogen-bond donors (Lipinski definition) is 2. The van der Waals surface area contributed by atoms with E-state index >= 15 is 0 Å². The predicted octanol–water partition coefficient (Wildman–Crippen LogP) is 4.95. The Bertz CT molecular complexity index is 1540. The third-order valence-corrected chi connectivity index (χ3v) is 5.61. The molecule has 0 spiro atoms. The number of aromatic nitrogens is 3. The van der Waals surface area contributed by atoms with Crippen LogP contribution in [0.3, 0.4) is 0 Å². The minimum Gasteiger partial charge on any atom is -0.478 e. The predicted molar refractivity (Wildman–Crippen MR) is 130 cm³/mol. The summed E-state index contributed by atoms with van der Waals surface area (Å²) in [5.74, 6) is -0.563. The second-order valence-electron chi connectivity index (χ2n) is 8.00. The molecule has 0 atom stereocenters. The molecule has 2 N–H and O–H groups in total. The Balaban J connectivity index is 1.38. The molecular weight excluding hydrogens is 444 g/mol. The molecule has 5 aromatic rings. The smallest absolute Gasteiger partial charge is 0.336 e. The number of fused-ring (bicyclic) bond motifs is 1. The normalized spacial score (nSPS) is 10.9. The Morgan fingerprint density at radius 1 is 0.886 bits per heavy atom. The Hall–Kier alpha value is -4.85. The third-order valence-electron chi connectivity index (χ3n) is 5.61. The van der Waals surface area contributed by atoms with Gasteiger partial charge in [0.15, 0.2) is 5.76 Å². The maximum atomic E-state index is 11.7. The summed E-state index contributed by atoms with van der Waals surface area (Å²) in [6, 6.07) is 20.8. The van der Waals surface area contributed by atoms with Crippen LogP contribution in [0.2, 0.25) is 0 Å². The summed E-state index contributed by atoms with van der Waals surface area (Å²) in [6.45, 7) is 1.75. The van der Waals surface area contributed by atoms with Crippen molar-refractivity contribution in [1.82, 2.24) is 20.4 Å². The van der Waals surface area contributed by atoms with Gasteiger partial charge in [-0.15, -0.1) is 0 Å². The van der Waals surface area contributed by atoms with E-state index in [1.165, 1.54) is 13.1 Å². The Kier molecular flexibility index (Phi) is 5.76. The van der Waals surface area contributed by atoms with E-state index in [2.05, 4.69) is 20.4 Å². The zero-order valence-electron chi connectivity index (χ0n) is 18.7. The van der Waals surface area contributed by atoms with Gasteiger partial charge in [-0.1, -0.05) is 53.7 Å². The molecule has 0 unspecified atom stereocenters. The van der Waals surface area contributed by atoms with Crippen LogP contribution < -0.4 is 5.32 Å². The van der Waals surface area contributed by atoms with Gasteiger partial charge in [-0.2, -0.15) is 0 Å². The molecule has 0 aliphatic heterocycles. The summed E-state index contributed by atoms with van der Waals surface area (Å²) in [7, 11) is 0. The van der Waals surface area contributed by atoms with Crippen molar-refractivity contribution in [2.24, 2.45) is 0 Å². The Morgan fingerprint density at radius 3 is 2.14 bits per heavy atom. The average Bonchev–Trinajstić information content (AvgIpc) is 3.36. The molecule has 0 saturated carbocycles. The summed E-state index contributed by atoms with van der Waals surface area (Å²) in [5.41, 5.74) is 5.79. The van der Waals surface area contributed by atoms with Gasteiger partial charge in [0.2, 0.25) is 5.91 Å². The molecule has 0 bridgehead atoms. The van der Waals surface area contributed by atoms with Crippen molar-refractivity contribution in [3.8, 4) is 33.6 Å². The van der Waals surface area contributed by atoms with Crippen molar-refractivity contribution < 1.29 is 19.2 Å². The number of carbonyl (C=O) groups is 2. The molecule has 5 rings (SSSR count). The lowest BCUT2D eigenvalue weighted by molar-refractivity contribution is -0.119. The van der Waals surface area contributed by atoms with Crippen LogP contribution in [0.4, 0.5) is 0 Å². The van der Waals surface area contributed by atoms with E-state index in [1.54, 1.807) is 24.4 Å². The van der Waals surface area contributed by atoms with Crippen LogP contribution in [-0.2, 0) is 11.3 Å². The van der Waals surface area contributed by atoms with E-state index in [4.69, 9.17) is 4.52 Å². The molecule has 2 aromatic carbocycles. The van der Waals surface area contributed by atoms with Crippen molar-refractivity contribution in [3.63, 3.8) is 0 Å². The van der Waals surface area contributed by atoms with Crippen molar-refractivity contribution in [2.45, 2.75) is 13.5 Å². The monoisotopic (exact) mass is 464 g/mol. The van der Waals surface area contributed by atoms with Crippen molar-refractivity contribution in [3.05, 3.63) is 90.4 Å². The van der Waals surface area contributed by atoms with Crippen LogP contribution in [0, 0.1) is 0 Å². The van der Waals surface area contributed by atoms with Crippen molar-refractivity contribution >= 4 is 22.8 Å². The lowest BCUT2D eigenvalue weighted by Gasteiger charge is -2.08. The first-order valence-electron chi connectivity index (χ1n) is 10.9. The van der Waals surface area contributed by atoms with Crippen LogP contribution in [0.15, 0.2) is 83.6 Å². The van der Waals surface area contributed by atoms with Crippen molar-refractivity contribution in [1.29, 1.82) is 0 Å².